The predicted octanol–water partition coefficient (Wildman–Crippen LogP) is 11.8. The summed E-state index contributed by atoms with van der Waals surface area (Å²) in [7, 11) is 0. The van der Waals surface area contributed by atoms with Gasteiger partial charge in [0.1, 0.15) is 11.7 Å². The molecule has 53 heavy (non-hydrogen) atoms. The van der Waals surface area contributed by atoms with Gasteiger partial charge < -0.3 is 13.6 Å². The molecule has 246 valence electrons. The second-order valence-corrected chi connectivity index (χ2v) is 13.3. The lowest BCUT2D eigenvalue weighted by Gasteiger charge is -2.13. The lowest BCUT2D eigenvalue weighted by atomic mass is 10.0. The van der Waals surface area contributed by atoms with Crippen molar-refractivity contribution in [2.24, 2.45) is 0 Å². The summed E-state index contributed by atoms with van der Waals surface area (Å²) in [5.41, 5.74) is 10.5. The predicted molar refractivity (Wildman–Crippen MR) is 214 cm³/mol. The van der Waals surface area contributed by atoms with Crippen molar-refractivity contribution in [2.75, 3.05) is 0 Å². The molecule has 6 heteroatoms. The molecule has 0 fully saturated rings. The zero-order valence-corrected chi connectivity index (χ0v) is 28.2. The Morgan fingerprint density at radius 2 is 1.19 bits per heavy atom. The normalized spacial score (nSPS) is 11.8. The quantitative estimate of drug-likeness (QED) is 0.186. The van der Waals surface area contributed by atoms with Gasteiger partial charge in [-0.15, -0.1) is 0 Å². The van der Waals surface area contributed by atoms with Gasteiger partial charge in [0.05, 0.1) is 44.4 Å². The average Bonchev–Trinajstić information content (AvgIpc) is 3.88. The molecular formula is C47H27N5O. The Balaban J connectivity index is 1.25. The summed E-state index contributed by atoms with van der Waals surface area (Å²) in [5, 5.41) is 17.0. The Hall–Kier alpha value is -7.49. The highest BCUT2D eigenvalue weighted by Crippen LogP contribution is 2.43. The molecule has 0 aliphatic carbocycles. The molecule has 0 saturated heterocycles. The van der Waals surface area contributed by atoms with E-state index in [2.05, 4.69) is 112 Å². The summed E-state index contributed by atoms with van der Waals surface area (Å²) >= 11 is 0. The number of nitriles is 1. The Morgan fingerprint density at radius 3 is 1.98 bits per heavy atom. The van der Waals surface area contributed by atoms with Gasteiger partial charge in [0.15, 0.2) is 5.82 Å². The summed E-state index contributed by atoms with van der Waals surface area (Å²) in [6, 6.07) is 58.5. The first kappa shape index (κ1) is 29.3. The number of rotatable bonds is 4. The summed E-state index contributed by atoms with van der Waals surface area (Å²) in [5.74, 6) is 0.575. The van der Waals surface area contributed by atoms with Crippen molar-refractivity contribution >= 4 is 65.7 Å². The highest BCUT2D eigenvalue weighted by molar-refractivity contribution is 6.26. The lowest BCUT2D eigenvalue weighted by molar-refractivity contribution is 0.653. The molecule has 0 saturated carbocycles. The van der Waals surface area contributed by atoms with E-state index in [0.29, 0.717) is 17.1 Å². The van der Waals surface area contributed by atoms with Crippen LogP contribution in [-0.4, -0.2) is 19.1 Å². The van der Waals surface area contributed by atoms with Crippen molar-refractivity contribution in [2.45, 2.75) is 0 Å². The molecule has 0 unspecified atom stereocenters. The molecule has 0 atom stereocenters. The molecule has 11 aromatic rings. The van der Waals surface area contributed by atoms with Crippen molar-refractivity contribution in [1.82, 2.24) is 19.1 Å². The maximum Gasteiger partial charge on any atom is 0.231 e. The summed E-state index contributed by atoms with van der Waals surface area (Å²) in [6.45, 7) is 0. The van der Waals surface area contributed by atoms with Gasteiger partial charge in [-0.05, 0) is 48.5 Å². The van der Waals surface area contributed by atoms with E-state index in [1.165, 1.54) is 10.8 Å². The third kappa shape index (κ3) is 4.25. The van der Waals surface area contributed by atoms with Gasteiger partial charge in [0.2, 0.25) is 5.71 Å². The van der Waals surface area contributed by atoms with Crippen LogP contribution in [0.3, 0.4) is 0 Å². The number of nitrogens with zero attached hydrogens (tertiary/aromatic N) is 5. The van der Waals surface area contributed by atoms with Gasteiger partial charge in [0, 0.05) is 43.7 Å². The molecule has 4 heterocycles. The van der Waals surface area contributed by atoms with Crippen LogP contribution in [0, 0.1) is 11.3 Å². The van der Waals surface area contributed by atoms with E-state index in [1.807, 2.05) is 66.7 Å². The van der Waals surface area contributed by atoms with E-state index in [0.717, 1.165) is 77.4 Å². The van der Waals surface area contributed by atoms with Crippen LogP contribution < -0.4 is 0 Å². The zero-order valence-electron chi connectivity index (χ0n) is 28.2. The summed E-state index contributed by atoms with van der Waals surface area (Å²) in [6.07, 6.45) is 0. The van der Waals surface area contributed by atoms with Crippen molar-refractivity contribution < 1.29 is 4.42 Å². The molecule has 0 aliphatic rings. The maximum absolute atomic E-state index is 10.6. The minimum Gasteiger partial charge on any atom is -0.438 e. The lowest BCUT2D eigenvalue weighted by Crippen LogP contribution is -2.00. The molecule has 7 aromatic carbocycles. The number of hydrogen-bond donors (Lipinski definition) is 0. The van der Waals surface area contributed by atoms with Gasteiger partial charge in [-0.1, -0.05) is 115 Å². The van der Waals surface area contributed by atoms with Gasteiger partial charge in [-0.25, -0.2) is 4.98 Å². The maximum atomic E-state index is 10.6. The van der Waals surface area contributed by atoms with Crippen LogP contribution >= 0.6 is 0 Å². The molecule has 0 amide bonds. The Labute approximate surface area is 303 Å². The molecule has 0 N–H and O–H groups in total. The fraction of sp³-hybridized carbons (Fsp3) is 0. The number of benzene rings is 7. The third-order valence-corrected chi connectivity index (χ3v) is 10.4. The highest BCUT2D eigenvalue weighted by atomic mass is 16.3. The van der Waals surface area contributed by atoms with Crippen molar-refractivity contribution in [1.29, 1.82) is 5.26 Å². The monoisotopic (exact) mass is 677 g/mol. The minimum absolute atomic E-state index is 0.522. The molecule has 0 spiro atoms. The van der Waals surface area contributed by atoms with Crippen LogP contribution in [0.2, 0.25) is 0 Å². The zero-order chi connectivity index (χ0) is 35.0. The first-order chi connectivity index (χ1) is 26.3. The van der Waals surface area contributed by atoms with Crippen molar-refractivity contribution in [3.05, 3.63) is 169 Å². The first-order valence-electron chi connectivity index (χ1n) is 17.6. The van der Waals surface area contributed by atoms with Crippen LogP contribution in [0.15, 0.2) is 168 Å². The molecule has 0 bridgehead atoms. The van der Waals surface area contributed by atoms with Gasteiger partial charge in [-0.2, -0.15) is 10.2 Å². The van der Waals surface area contributed by atoms with E-state index in [1.54, 1.807) is 0 Å². The number of aromatic nitrogens is 4. The number of para-hydroxylation sites is 4. The Morgan fingerprint density at radius 1 is 0.509 bits per heavy atom. The smallest absolute Gasteiger partial charge is 0.231 e. The number of hydrogen-bond acceptors (Lipinski definition) is 4. The molecule has 0 radical (unpaired) electrons. The largest absolute Gasteiger partial charge is 0.438 e. The summed E-state index contributed by atoms with van der Waals surface area (Å²) < 4.78 is 11.0. The van der Waals surface area contributed by atoms with E-state index in [4.69, 9.17) is 14.4 Å². The highest BCUT2D eigenvalue weighted by Gasteiger charge is 2.23. The number of furan rings is 1. The van der Waals surface area contributed by atoms with Crippen LogP contribution in [0.4, 0.5) is 0 Å². The number of fused-ring (bicyclic) bond motifs is 10. The van der Waals surface area contributed by atoms with Crippen LogP contribution in [0.1, 0.15) is 5.56 Å². The van der Waals surface area contributed by atoms with E-state index in [9.17, 15) is 5.26 Å². The molecule has 6 nitrogen and oxygen atoms in total. The fourth-order valence-electron chi connectivity index (χ4n) is 8.12. The SMILES string of the molecule is N#Cc1ccc(-c2nc(-c3ccccc3)nc3oc4ccccc4c23)cc1-n1c2ccccc2c2c1ccc1c3ccccc3n(-c3ccccc3)c12. The van der Waals surface area contributed by atoms with Crippen molar-refractivity contribution in [3.63, 3.8) is 0 Å². The average molecular weight is 678 g/mol. The standard InChI is InChI=1S/C47H27N5O/c48-28-31-24-23-30(44-43-36-19-9-12-22-41(36)53-47(43)50-46(49-44)29-13-3-1-4-14-29)27-40(31)52-38-21-11-8-18-35(38)42-39(52)26-25-34-33-17-7-10-20-37(33)51(45(34)42)32-15-5-2-6-16-32/h1-27H. The Kier molecular flexibility index (Phi) is 6.22. The van der Waals surface area contributed by atoms with Gasteiger partial charge >= 0.3 is 0 Å². The third-order valence-electron chi connectivity index (χ3n) is 10.4. The Bertz CT molecular complexity index is 3290. The molecule has 4 aromatic heterocycles. The van der Waals surface area contributed by atoms with E-state index < -0.39 is 0 Å². The van der Waals surface area contributed by atoms with Gasteiger partial charge in [0.25, 0.3) is 0 Å². The summed E-state index contributed by atoms with van der Waals surface area (Å²) in [4.78, 5) is 10.1. The van der Waals surface area contributed by atoms with Crippen LogP contribution in [0.25, 0.3) is 99.7 Å². The van der Waals surface area contributed by atoms with Gasteiger partial charge in [-0.3, -0.25) is 0 Å². The molecule has 11 rings (SSSR count). The van der Waals surface area contributed by atoms with Crippen LogP contribution in [-0.2, 0) is 0 Å². The molecule has 0 aliphatic heterocycles. The topological polar surface area (TPSA) is 72.6 Å². The molecular weight excluding hydrogens is 651 g/mol. The second kappa shape index (κ2) is 11.3. The first-order valence-corrected chi connectivity index (χ1v) is 17.6. The fourth-order valence-corrected chi connectivity index (χ4v) is 8.12. The van der Waals surface area contributed by atoms with Crippen LogP contribution in [0.5, 0.6) is 0 Å². The van der Waals surface area contributed by atoms with E-state index >= 15 is 0 Å². The minimum atomic E-state index is 0.522. The second-order valence-electron chi connectivity index (χ2n) is 13.3. The van der Waals surface area contributed by atoms with E-state index in [-0.39, 0.29) is 0 Å². The van der Waals surface area contributed by atoms with Crippen molar-refractivity contribution in [3.8, 4) is 40.1 Å².